The first-order valence-corrected chi connectivity index (χ1v) is 30.4. The monoisotopic (exact) mass is 1020 g/mol. The van der Waals surface area contributed by atoms with Crippen molar-refractivity contribution in [2.75, 3.05) is 19.8 Å². The molecule has 0 aromatic rings. The molecule has 1 atom stereocenters. The Bertz CT molecular complexity index is 1580. The lowest BCUT2D eigenvalue weighted by Gasteiger charge is -2.18. The average Bonchev–Trinajstić information content (AvgIpc) is 3.40. The van der Waals surface area contributed by atoms with Crippen LogP contribution in [0, 0.1) is 0 Å². The molecular weight excluding hydrogens is 909 g/mol. The molecule has 0 aromatic heterocycles. The molecule has 0 aliphatic carbocycles. The predicted molar refractivity (Wildman–Crippen MR) is 325 cm³/mol. The van der Waals surface area contributed by atoms with Gasteiger partial charge in [0.15, 0.2) is 6.10 Å². The van der Waals surface area contributed by atoms with E-state index in [2.05, 4.69) is 161 Å². The van der Waals surface area contributed by atoms with Gasteiger partial charge in [-0.3, -0.25) is 9.59 Å². The van der Waals surface area contributed by atoms with E-state index >= 15 is 0 Å². The fourth-order valence-electron chi connectivity index (χ4n) is 7.97. The zero-order chi connectivity index (χ0) is 53.4. The van der Waals surface area contributed by atoms with Crippen LogP contribution in [-0.4, -0.2) is 37.9 Å². The molecule has 0 saturated heterocycles. The predicted octanol–water partition coefficient (Wildman–Crippen LogP) is 21.2. The molecule has 0 aliphatic rings. The van der Waals surface area contributed by atoms with E-state index in [0.29, 0.717) is 19.4 Å². The van der Waals surface area contributed by atoms with Gasteiger partial charge >= 0.3 is 11.9 Å². The molecule has 74 heavy (non-hydrogen) atoms. The number of carbonyl (C=O) groups excluding carboxylic acids is 2. The fourth-order valence-corrected chi connectivity index (χ4v) is 7.97. The van der Waals surface area contributed by atoms with Gasteiger partial charge in [0.2, 0.25) is 0 Å². The molecule has 5 nitrogen and oxygen atoms in total. The van der Waals surface area contributed by atoms with Gasteiger partial charge in [0.05, 0.1) is 6.61 Å². The van der Waals surface area contributed by atoms with Crippen molar-refractivity contribution < 1.29 is 23.8 Å². The lowest BCUT2D eigenvalue weighted by Crippen LogP contribution is -2.30. The van der Waals surface area contributed by atoms with Crippen LogP contribution in [0.15, 0.2) is 146 Å². The summed E-state index contributed by atoms with van der Waals surface area (Å²) >= 11 is 0. The highest BCUT2D eigenvalue weighted by Gasteiger charge is 2.17. The largest absolute Gasteiger partial charge is 0.462 e. The Hall–Kier alpha value is -4.22. The second-order valence-corrected chi connectivity index (χ2v) is 19.5. The van der Waals surface area contributed by atoms with E-state index in [1.165, 1.54) is 103 Å². The summed E-state index contributed by atoms with van der Waals surface area (Å²) in [6, 6.07) is 0. The second-order valence-electron chi connectivity index (χ2n) is 19.5. The van der Waals surface area contributed by atoms with Crippen molar-refractivity contribution in [2.45, 2.75) is 258 Å². The standard InChI is InChI=1S/C69H112O5/c1-4-7-10-13-16-19-22-25-28-31-34-37-40-43-46-49-52-55-58-61-64-72-65-67(74-69(71)63-60-57-54-51-48-45-42-39-36-33-30-27-24-21-18-15-12-9-6-3)66-73-68(70)62-59-56-53-50-47-44-41-38-35-32-29-26-23-20-17-14-11-8-5-2/h7-8,10-11,16-17,19-20,25-26,28-29,34-35,37-38,43-44,46-47,52-53,55-56,67H,4-6,9,12-15,18,21-24,27,30-33,36,39-42,45,48-51,54,57-66H2,1-3H3/b10-7-,11-8-,19-16-,20-17-,28-25-,29-26-,37-34-,38-35-,46-43-,47-44-,55-52-,56-53-. The number of esters is 2. The third-order valence-corrected chi connectivity index (χ3v) is 12.4. The fraction of sp³-hybridized carbons (Fsp3) is 0.623. The first kappa shape index (κ1) is 69.8. The van der Waals surface area contributed by atoms with Crippen LogP contribution in [0.2, 0.25) is 0 Å². The molecule has 0 N–H and O–H groups in total. The smallest absolute Gasteiger partial charge is 0.306 e. The molecule has 0 fully saturated rings. The number of hydrogen-bond acceptors (Lipinski definition) is 5. The van der Waals surface area contributed by atoms with Crippen LogP contribution in [-0.2, 0) is 23.8 Å². The summed E-state index contributed by atoms with van der Waals surface area (Å²) in [5.41, 5.74) is 0. The van der Waals surface area contributed by atoms with Crippen molar-refractivity contribution in [3.8, 4) is 0 Å². The quantitative estimate of drug-likeness (QED) is 0.0345. The maximum atomic E-state index is 12.9. The van der Waals surface area contributed by atoms with E-state index in [1.54, 1.807) is 0 Å². The summed E-state index contributed by atoms with van der Waals surface area (Å²) in [5.74, 6) is -0.528. The van der Waals surface area contributed by atoms with Crippen LogP contribution in [0.25, 0.3) is 0 Å². The summed E-state index contributed by atoms with van der Waals surface area (Å²) < 4.78 is 17.4. The Morgan fingerprint density at radius 2 is 0.622 bits per heavy atom. The second kappa shape index (κ2) is 63.1. The topological polar surface area (TPSA) is 61.8 Å². The third kappa shape index (κ3) is 60.3. The van der Waals surface area contributed by atoms with Gasteiger partial charge in [0.1, 0.15) is 6.61 Å². The number of hydrogen-bond donors (Lipinski definition) is 0. The van der Waals surface area contributed by atoms with E-state index in [1.807, 2.05) is 6.08 Å². The van der Waals surface area contributed by atoms with Gasteiger partial charge in [0, 0.05) is 19.4 Å². The Morgan fingerprint density at radius 3 is 0.973 bits per heavy atom. The van der Waals surface area contributed by atoms with Gasteiger partial charge in [0.25, 0.3) is 0 Å². The molecule has 0 radical (unpaired) electrons. The molecule has 5 heteroatoms. The van der Waals surface area contributed by atoms with Gasteiger partial charge in [-0.25, -0.2) is 0 Å². The van der Waals surface area contributed by atoms with Crippen molar-refractivity contribution in [2.24, 2.45) is 0 Å². The Morgan fingerprint density at radius 1 is 0.311 bits per heavy atom. The lowest BCUT2D eigenvalue weighted by atomic mass is 10.0. The molecule has 1 unspecified atom stereocenters. The highest BCUT2D eigenvalue weighted by molar-refractivity contribution is 5.70. The Kier molecular flexibility index (Phi) is 59.5. The highest BCUT2D eigenvalue weighted by Crippen LogP contribution is 2.16. The minimum absolute atomic E-state index is 0.0146. The molecule has 0 heterocycles. The van der Waals surface area contributed by atoms with Crippen molar-refractivity contribution >= 4 is 11.9 Å². The lowest BCUT2D eigenvalue weighted by molar-refractivity contribution is -0.162. The minimum Gasteiger partial charge on any atom is -0.462 e. The van der Waals surface area contributed by atoms with Gasteiger partial charge < -0.3 is 14.2 Å². The van der Waals surface area contributed by atoms with E-state index in [4.69, 9.17) is 14.2 Å². The van der Waals surface area contributed by atoms with Crippen LogP contribution in [0.3, 0.4) is 0 Å². The van der Waals surface area contributed by atoms with Crippen molar-refractivity contribution in [1.82, 2.24) is 0 Å². The summed E-state index contributed by atoms with van der Waals surface area (Å²) in [5, 5.41) is 0. The first-order valence-electron chi connectivity index (χ1n) is 30.4. The van der Waals surface area contributed by atoms with Crippen LogP contribution in [0.1, 0.15) is 252 Å². The third-order valence-electron chi connectivity index (χ3n) is 12.4. The Labute approximate surface area is 457 Å². The molecule has 418 valence electrons. The van der Waals surface area contributed by atoms with E-state index in [-0.39, 0.29) is 31.6 Å². The zero-order valence-electron chi connectivity index (χ0n) is 48.1. The Balaban J connectivity index is 4.50. The summed E-state index contributed by atoms with van der Waals surface area (Å²) in [6.45, 7) is 7.39. The van der Waals surface area contributed by atoms with E-state index < -0.39 is 6.10 Å². The number of allylic oxidation sites excluding steroid dienone is 24. The summed E-state index contributed by atoms with van der Waals surface area (Å²) in [6.07, 6.45) is 91.9. The maximum absolute atomic E-state index is 12.9. The van der Waals surface area contributed by atoms with E-state index in [0.717, 1.165) is 109 Å². The molecular formula is C69H112O5. The van der Waals surface area contributed by atoms with Crippen molar-refractivity contribution in [3.63, 3.8) is 0 Å². The highest BCUT2D eigenvalue weighted by atomic mass is 16.6. The number of unbranched alkanes of at least 4 members (excludes halogenated alkanes) is 19. The van der Waals surface area contributed by atoms with Gasteiger partial charge in [-0.05, 0) is 103 Å². The molecule has 0 spiro atoms. The molecule has 0 aliphatic heterocycles. The SMILES string of the molecule is CC/C=C\C/C=C\C/C=C\C/C=C\C/C=C\C/C=C\CCCOCC(COC(=O)CC/C=C\C/C=C\C/C=C\C/C=C\C/C=C\C/C=C\CC)OC(=O)CCCCCCCCCCCCCCCCCCCCC. The molecule has 0 aromatic carbocycles. The van der Waals surface area contributed by atoms with Crippen LogP contribution < -0.4 is 0 Å². The molecule has 0 rings (SSSR count). The van der Waals surface area contributed by atoms with Gasteiger partial charge in [-0.2, -0.15) is 0 Å². The summed E-state index contributed by atoms with van der Waals surface area (Å²) in [7, 11) is 0. The number of carbonyl (C=O) groups is 2. The van der Waals surface area contributed by atoms with Crippen molar-refractivity contribution in [1.29, 1.82) is 0 Å². The number of ether oxygens (including phenoxy) is 3. The minimum atomic E-state index is -0.608. The van der Waals surface area contributed by atoms with Gasteiger partial charge in [-0.1, -0.05) is 282 Å². The first-order chi connectivity index (χ1) is 36.6. The summed E-state index contributed by atoms with van der Waals surface area (Å²) in [4.78, 5) is 25.6. The van der Waals surface area contributed by atoms with Crippen LogP contribution in [0.4, 0.5) is 0 Å². The number of rotatable bonds is 54. The molecule has 0 saturated carbocycles. The average molecular weight is 1020 g/mol. The molecule has 0 amide bonds. The van der Waals surface area contributed by atoms with E-state index in [9.17, 15) is 9.59 Å². The van der Waals surface area contributed by atoms with Crippen molar-refractivity contribution in [3.05, 3.63) is 146 Å². The zero-order valence-corrected chi connectivity index (χ0v) is 48.1. The normalized spacial score (nSPS) is 13.3. The van der Waals surface area contributed by atoms with Crippen LogP contribution in [0.5, 0.6) is 0 Å². The van der Waals surface area contributed by atoms with Crippen LogP contribution >= 0.6 is 0 Å². The maximum Gasteiger partial charge on any atom is 0.306 e. The van der Waals surface area contributed by atoms with Gasteiger partial charge in [-0.15, -0.1) is 0 Å². The molecule has 0 bridgehead atoms.